The van der Waals surface area contributed by atoms with Gasteiger partial charge >= 0.3 is 0 Å². The summed E-state index contributed by atoms with van der Waals surface area (Å²) in [6.07, 6.45) is 2.70. The van der Waals surface area contributed by atoms with Gasteiger partial charge in [-0.25, -0.2) is 4.98 Å². The van der Waals surface area contributed by atoms with Crippen molar-refractivity contribution < 1.29 is 4.79 Å². The van der Waals surface area contributed by atoms with Gasteiger partial charge < -0.3 is 5.32 Å². The lowest BCUT2D eigenvalue weighted by Gasteiger charge is -2.14. The van der Waals surface area contributed by atoms with Crippen molar-refractivity contribution in [2.45, 2.75) is 38.0 Å². The summed E-state index contributed by atoms with van der Waals surface area (Å²) in [4.78, 5) is 29.0. The van der Waals surface area contributed by atoms with Crippen molar-refractivity contribution >= 4 is 17.7 Å². The number of thioether (sulfide) groups is 1. The number of nitrogens with zero attached hydrogens (tertiary/aromatic N) is 2. The molecular weight excluding hydrogens is 310 g/mol. The van der Waals surface area contributed by atoms with Gasteiger partial charge in [-0.05, 0) is 19.6 Å². The fourth-order valence-electron chi connectivity index (χ4n) is 2.11. The molecule has 0 aliphatic carbocycles. The number of rotatable bonds is 6. The van der Waals surface area contributed by atoms with E-state index in [9.17, 15) is 9.59 Å². The first-order valence-electron chi connectivity index (χ1n) is 7.55. The maximum Gasteiger partial charge on any atom is 0.255 e. The smallest absolute Gasteiger partial charge is 0.255 e. The molecule has 1 heterocycles. The van der Waals surface area contributed by atoms with Crippen LogP contribution in [0.5, 0.6) is 0 Å². The highest BCUT2D eigenvalue weighted by Crippen LogP contribution is 2.18. The van der Waals surface area contributed by atoms with Crippen LogP contribution < -0.4 is 10.9 Å². The van der Waals surface area contributed by atoms with Gasteiger partial charge in [0.25, 0.3) is 5.56 Å². The lowest BCUT2D eigenvalue weighted by atomic mass is 10.1. The van der Waals surface area contributed by atoms with Crippen molar-refractivity contribution in [2.75, 3.05) is 6.26 Å². The van der Waals surface area contributed by atoms with E-state index in [1.54, 1.807) is 0 Å². The minimum atomic E-state index is -0.220. The van der Waals surface area contributed by atoms with Crippen LogP contribution in [-0.4, -0.2) is 27.8 Å². The van der Waals surface area contributed by atoms with E-state index in [4.69, 9.17) is 0 Å². The molecule has 1 aromatic heterocycles. The molecule has 0 saturated carbocycles. The van der Waals surface area contributed by atoms with E-state index in [1.165, 1.54) is 22.4 Å². The topological polar surface area (TPSA) is 64.0 Å². The Bertz CT molecular complexity index is 728. The van der Waals surface area contributed by atoms with Crippen molar-refractivity contribution in [3.05, 3.63) is 46.8 Å². The van der Waals surface area contributed by atoms with E-state index >= 15 is 0 Å². The SMILES string of the molecule is CC[C@@H](C)NC(=O)Cn1c(SC)nc(-c2ccccc2)cc1=O. The minimum absolute atomic E-state index is 0.0125. The number of aromatic nitrogens is 2. The Kier molecular flexibility index (Phi) is 5.98. The van der Waals surface area contributed by atoms with Crippen LogP contribution in [0, 0.1) is 0 Å². The van der Waals surface area contributed by atoms with Crippen LogP contribution in [0.2, 0.25) is 0 Å². The molecule has 23 heavy (non-hydrogen) atoms. The van der Waals surface area contributed by atoms with Crippen molar-refractivity contribution in [3.8, 4) is 11.3 Å². The highest BCUT2D eigenvalue weighted by molar-refractivity contribution is 7.98. The molecule has 0 aliphatic rings. The van der Waals surface area contributed by atoms with Gasteiger partial charge in [0.1, 0.15) is 6.54 Å². The molecule has 5 nitrogen and oxygen atoms in total. The van der Waals surface area contributed by atoms with E-state index in [1.807, 2.05) is 50.4 Å². The van der Waals surface area contributed by atoms with Gasteiger partial charge in [-0.1, -0.05) is 49.0 Å². The van der Waals surface area contributed by atoms with Crippen LogP contribution in [0.25, 0.3) is 11.3 Å². The lowest BCUT2D eigenvalue weighted by molar-refractivity contribution is -0.122. The summed E-state index contributed by atoms with van der Waals surface area (Å²) < 4.78 is 1.41. The van der Waals surface area contributed by atoms with Gasteiger partial charge in [0.05, 0.1) is 5.69 Å². The lowest BCUT2D eigenvalue weighted by Crippen LogP contribution is -2.37. The van der Waals surface area contributed by atoms with Gasteiger partial charge in [0, 0.05) is 17.7 Å². The minimum Gasteiger partial charge on any atom is -0.352 e. The van der Waals surface area contributed by atoms with E-state index in [-0.39, 0.29) is 24.1 Å². The number of carbonyl (C=O) groups excluding carboxylic acids is 1. The van der Waals surface area contributed by atoms with Crippen LogP contribution in [0.3, 0.4) is 0 Å². The summed E-state index contributed by atoms with van der Waals surface area (Å²) in [5, 5.41) is 3.40. The van der Waals surface area contributed by atoms with Gasteiger partial charge in [0.15, 0.2) is 5.16 Å². The van der Waals surface area contributed by atoms with Gasteiger partial charge in [-0.3, -0.25) is 14.2 Å². The zero-order chi connectivity index (χ0) is 16.8. The number of hydrogen-bond acceptors (Lipinski definition) is 4. The molecule has 1 N–H and O–H groups in total. The second-order valence-electron chi connectivity index (χ2n) is 5.30. The first-order valence-corrected chi connectivity index (χ1v) is 8.78. The maximum atomic E-state index is 12.4. The Balaban J connectivity index is 2.31. The molecule has 2 rings (SSSR count). The molecule has 0 bridgehead atoms. The van der Waals surface area contributed by atoms with Crippen molar-refractivity contribution in [3.63, 3.8) is 0 Å². The molecule has 1 amide bonds. The van der Waals surface area contributed by atoms with Crippen molar-refractivity contribution in [1.29, 1.82) is 0 Å². The summed E-state index contributed by atoms with van der Waals surface area (Å²) in [5.41, 5.74) is 1.29. The molecule has 0 spiro atoms. The predicted octanol–water partition coefficient (Wildman–Crippen LogP) is 2.55. The normalized spacial score (nSPS) is 12.0. The second-order valence-corrected chi connectivity index (χ2v) is 6.07. The number of hydrogen-bond donors (Lipinski definition) is 1. The molecular formula is C17H21N3O2S. The van der Waals surface area contributed by atoms with E-state index < -0.39 is 0 Å². The third-order valence-electron chi connectivity index (χ3n) is 3.55. The quantitative estimate of drug-likeness (QED) is 0.653. The molecule has 1 atom stereocenters. The first-order chi connectivity index (χ1) is 11.0. The van der Waals surface area contributed by atoms with E-state index in [0.717, 1.165) is 12.0 Å². The fourth-order valence-corrected chi connectivity index (χ4v) is 2.67. The molecule has 0 fully saturated rings. The molecule has 0 aliphatic heterocycles. The highest BCUT2D eigenvalue weighted by Gasteiger charge is 2.13. The third-order valence-corrected chi connectivity index (χ3v) is 4.22. The summed E-state index contributed by atoms with van der Waals surface area (Å²) in [5.74, 6) is -0.175. The Labute approximate surface area is 140 Å². The third kappa shape index (κ3) is 4.45. The zero-order valence-electron chi connectivity index (χ0n) is 13.6. The number of carbonyl (C=O) groups is 1. The van der Waals surface area contributed by atoms with Crippen molar-refractivity contribution in [2.24, 2.45) is 0 Å². The van der Waals surface area contributed by atoms with Crippen LogP contribution in [-0.2, 0) is 11.3 Å². The Morgan fingerprint density at radius 3 is 2.65 bits per heavy atom. The summed E-state index contributed by atoms with van der Waals surface area (Å²) in [6, 6.07) is 11.1. The summed E-state index contributed by atoms with van der Waals surface area (Å²) in [7, 11) is 0. The second kappa shape index (κ2) is 7.97. The number of benzene rings is 1. The van der Waals surface area contributed by atoms with E-state index in [2.05, 4.69) is 10.3 Å². The molecule has 0 radical (unpaired) electrons. The molecule has 0 saturated heterocycles. The average molecular weight is 331 g/mol. The molecule has 2 aromatic rings. The Hall–Kier alpha value is -2.08. The monoisotopic (exact) mass is 331 g/mol. The highest BCUT2D eigenvalue weighted by atomic mass is 32.2. The Morgan fingerprint density at radius 1 is 1.35 bits per heavy atom. The molecule has 1 aromatic carbocycles. The van der Waals surface area contributed by atoms with Crippen LogP contribution >= 0.6 is 11.8 Å². The van der Waals surface area contributed by atoms with Crippen molar-refractivity contribution in [1.82, 2.24) is 14.9 Å². The molecule has 0 unspecified atom stereocenters. The molecule has 122 valence electrons. The summed E-state index contributed by atoms with van der Waals surface area (Å²) in [6.45, 7) is 3.93. The van der Waals surface area contributed by atoms with Gasteiger partial charge in [0.2, 0.25) is 5.91 Å². The summed E-state index contributed by atoms with van der Waals surface area (Å²) >= 11 is 1.36. The first kappa shape index (κ1) is 17.3. The Morgan fingerprint density at radius 2 is 2.04 bits per heavy atom. The van der Waals surface area contributed by atoms with Crippen LogP contribution in [0.1, 0.15) is 20.3 Å². The predicted molar refractivity (Wildman–Crippen MR) is 93.6 cm³/mol. The van der Waals surface area contributed by atoms with Gasteiger partial charge in [-0.2, -0.15) is 0 Å². The van der Waals surface area contributed by atoms with Crippen LogP contribution in [0.15, 0.2) is 46.3 Å². The maximum absolute atomic E-state index is 12.4. The molecule has 6 heteroatoms. The zero-order valence-corrected chi connectivity index (χ0v) is 14.4. The largest absolute Gasteiger partial charge is 0.352 e. The fraction of sp³-hybridized carbons (Fsp3) is 0.353. The number of amides is 1. The number of nitrogens with one attached hydrogen (secondary N) is 1. The average Bonchev–Trinajstić information content (AvgIpc) is 2.57. The standard InChI is InChI=1S/C17H21N3O2S/c1-4-12(2)18-15(21)11-20-16(22)10-14(19-17(20)23-3)13-8-6-5-7-9-13/h5-10,12H,4,11H2,1-3H3,(H,18,21)/t12-/m1/s1. The van der Waals surface area contributed by atoms with Crippen LogP contribution in [0.4, 0.5) is 0 Å². The van der Waals surface area contributed by atoms with Gasteiger partial charge in [-0.15, -0.1) is 0 Å². The van der Waals surface area contributed by atoms with E-state index in [0.29, 0.717) is 10.9 Å².